The third-order valence-electron chi connectivity index (χ3n) is 2.79. The van der Waals surface area contributed by atoms with Crippen molar-refractivity contribution in [2.24, 2.45) is 0 Å². The van der Waals surface area contributed by atoms with Crippen molar-refractivity contribution in [3.05, 3.63) is 0 Å². The van der Waals surface area contributed by atoms with E-state index in [1.807, 2.05) is 4.67 Å². The molecule has 0 aromatic heterocycles. The molecule has 0 saturated carbocycles. The van der Waals surface area contributed by atoms with E-state index in [0.29, 0.717) is 13.0 Å². The molecular weight excluding hydrogens is 216 g/mol. The van der Waals surface area contributed by atoms with Crippen LogP contribution in [-0.4, -0.2) is 46.8 Å². The Morgan fingerprint density at radius 3 is 2.29 bits per heavy atom. The monoisotopic (exact) mass is 226 g/mol. The van der Waals surface area contributed by atoms with Gasteiger partial charge in [0.15, 0.2) is 0 Å². The fourth-order valence-corrected chi connectivity index (χ4v) is 2.57. The molecule has 0 N–H and O–H groups in total. The highest BCUT2D eigenvalue weighted by atomic mass is 31.0. The Bertz CT molecular complexity index is 268. The first-order valence-corrected chi connectivity index (χ1v) is 4.80. The zero-order chi connectivity index (χ0) is 10.5. The maximum atomic E-state index is 12.1. The minimum Gasteiger partial charge on any atom is -0.329 e. The van der Waals surface area contributed by atoms with Gasteiger partial charge < -0.3 is 4.90 Å². The molecule has 2 saturated heterocycles. The largest absolute Gasteiger partial charge is 0.471 e. The molecular formula is C7H10F3N2OP. The van der Waals surface area contributed by atoms with Crippen LogP contribution in [0.15, 0.2) is 0 Å². The van der Waals surface area contributed by atoms with Crippen molar-refractivity contribution in [2.75, 3.05) is 13.1 Å². The van der Waals surface area contributed by atoms with Gasteiger partial charge in [-0.25, -0.2) is 0 Å². The molecule has 0 spiro atoms. The van der Waals surface area contributed by atoms with E-state index in [2.05, 4.69) is 9.39 Å². The lowest BCUT2D eigenvalue weighted by Gasteiger charge is -2.31. The molecule has 14 heavy (non-hydrogen) atoms. The van der Waals surface area contributed by atoms with Gasteiger partial charge in [-0.05, 0) is 6.42 Å². The lowest BCUT2D eigenvalue weighted by atomic mass is 10.2. The second kappa shape index (κ2) is 3.07. The van der Waals surface area contributed by atoms with Crippen molar-refractivity contribution in [2.45, 2.75) is 24.7 Å². The number of alkyl halides is 3. The molecule has 2 rings (SSSR count). The number of hydrogen-bond acceptors (Lipinski definition) is 2. The quantitative estimate of drug-likeness (QED) is 0.565. The van der Waals surface area contributed by atoms with Gasteiger partial charge in [-0.3, -0.25) is 9.46 Å². The Hall–Kier alpha value is -0.350. The Balaban J connectivity index is 2.07. The van der Waals surface area contributed by atoms with Crippen LogP contribution in [-0.2, 0) is 4.79 Å². The Labute approximate surface area is 81.5 Å². The summed E-state index contributed by atoms with van der Waals surface area (Å²) in [5.41, 5.74) is 0. The van der Waals surface area contributed by atoms with Gasteiger partial charge in [-0.15, -0.1) is 0 Å². The van der Waals surface area contributed by atoms with Crippen molar-refractivity contribution < 1.29 is 18.0 Å². The molecule has 2 fully saturated rings. The predicted molar refractivity (Wildman–Crippen MR) is 46.4 cm³/mol. The number of halogens is 3. The maximum Gasteiger partial charge on any atom is 0.471 e. The number of fused-ring (bicyclic) bond motifs is 2. The van der Waals surface area contributed by atoms with E-state index in [9.17, 15) is 18.0 Å². The van der Waals surface area contributed by atoms with Gasteiger partial charge in [0.1, 0.15) is 0 Å². The van der Waals surface area contributed by atoms with E-state index in [1.165, 1.54) is 0 Å². The van der Waals surface area contributed by atoms with Crippen LogP contribution in [0.1, 0.15) is 6.42 Å². The number of carbonyl (C=O) groups excluding carboxylic acids is 1. The Morgan fingerprint density at radius 2 is 1.93 bits per heavy atom. The maximum absolute atomic E-state index is 12.1. The highest BCUT2D eigenvalue weighted by Gasteiger charge is 2.51. The molecule has 1 amide bonds. The van der Waals surface area contributed by atoms with Crippen LogP contribution in [0, 0.1) is 0 Å². The van der Waals surface area contributed by atoms with Crippen LogP contribution >= 0.6 is 9.39 Å². The van der Waals surface area contributed by atoms with Gasteiger partial charge in [0.05, 0.1) is 0 Å². The van der Waals surface area contributed by atoms with Crippen molar-refractivity contribution in [1.29, 1.82) is 0 Å². The molecule has 0 aliphatic carbocycles. The fourth-order valence-electron chi connectivity index (χ4n) is 2.11. The first-order valence-electron chi connectivity index (χ1n) is 4.28. The average molecular weight is 226 g/mol. The molecule has 3 atom stereocenters. The summed E-state index contributed by atoms with van der Waals surface area (Å²) in [5, 5.41) is 0. The minimum absolute atomic E-state index is 0.0799. The van der Waals surface area contributed by atoms with Crippen LogP contribution in [0.5, 0.6) is 0 Å². The summed E-state index contributed by atoms with van der Waals surface area (Å²) in [5.74, 6) is -1.69. The Morgan fingerprint density at radius 1 is 1.29 bits per heavy atom. The van der Waals surface area contributed by atoms with Gasteiger partial charge in [-0.1, -0.05) is 9.39 Å². The second-order valence-corrected chi connectivity index (χ2v) is 4.36. The van der Waals surface area contributed by atoms with Crippen molar-refractivity contribution in [3.63, 3.8) is 0 Å². The molecule has 2 aliphatic heterocycles. The van der Waals surface area contributed by atoms with E-state index < -0.39 is 12.1 Å². The Kier molecular flexibility index (Phi) is 2.23. The van der Waals surface area contributed by atoms with Gasteiger partial charge in [0.25, 0.3) is 0 Å². The summed E-state index contributed by atoms with van der Waals surface area (Å²) in [6.07, 6.45) is -4.07. The third kappa shape index (κ3) is 1.50. The highest BCUT2D eigenvalue weighted by molar-refractivity contribution is 7.13. The summed E-state index contributed by atoms with van der Waals surface area (Å²) in [6, 6.07) is -0.178. The van der Waals surface area contributed by atoms with E-state index in [0.717, 1.165) is 4.90 Å². The lowest BCUT2D eigenvalue weighted by Crippen LogP contribution is -2.50. The third-order valence-corrected chi connectivity index (χ3v) is 3.42. The predicted octanol–water partition coefficient (Wildman–Crippen LogP) is 0.624. The van der Waals surface area contributed by atoms with E-state index in [4.69, 9.17) is 0 Å². The SMILES string of the molecule is O=C(N1CC2CC1CN2P)C(F)(F)F. The van der Waals surface area contributed by atoms with Crippen LogP contribution in [0.25, 0.3) is 0 Å². The molecule has 0 aromatic rings. The topological polar surface area (TPSA) is 23.6 Å². The summed E-state index contributed by atoms with van der Waals surface area (Å²) in [4.78, 5) is 11.9. The average Bonchev–Trinajstić information content (AvgIpc) is 2.58. The molecule has 2 bridgehead atoms. The molecule has 2 aliphatic rings. The molecule has 3 unspecified atom stereocenters. The molecule has 80 valence electrons. The summed E-state index contributed by atoms with van der Waals surface area (Å²) >= 11 is 0. The molecule has 0 aromatic carbocycles. The first kappa shape index (κ1) is 10.2. The summed E-state index contributed by atoms with van der Waals surface area (Å²) in [6.45, 7) is 0.726. The van der Waals surface area contributed by atoms with Gasteiger partial charge >= 0.3 is 12.1 Å². The van der Waals surface area contributed by atoms with Gasteiger partial charge in [0.2, 0.25) is 0 Å². The first-order chi connectivity index (χ1) is 6.39. The smallest absolute Gasteiger partial charge is 0.329 e. The fraction of sp³-hybridized carbons (Fsp3) is 0.857. The van der Waals surface area contributed by atoms with E-state index >= 15 is 0 Å². The van der Waals surface area contributed by atoms with E-state index in [1.54, 1.807) is 0 Å². The molecule has 7 heteroatoms. The van der Waals surface area contributed by atoms with Crippen LogP contribution in [0.2, 0.25) is 0 Å². The van der Waals surface area contributed by atoms with Crippen molar-refractivity contribution in [3.8, 4) is 0 Å². The highest BCUT2D eigenvalue weighted by Crippen LogP contribution is 2.35. The number of nitrogens with zero attached hydrogens (tertiary/aromatic N) is 2. The van der Waals surface area contributed by atoms with Gasteiger partial charge in [0, 0.05) is 25.2 Å². The molecule has 0 radical (unpaired) electrons. The number of carbonyl (C=O) groups is 1. The van der Waals surface area contributed by atoms with Crippen LogP contribution < -0.4 is 0 Å². The second-order valence-electron chi connectivity index (χ2n) is 3.70. The number of amides is 1. The number of rotatable bonds is 0. The zero-order valence-corrected chi connectivity index (χ0v) is 8.44. The summed E-state index contributed by atoms with van der Waals surface area (Å²) < 4.78 is 38.3. The van der Waals surface area contributed by atoms with Crippen LogP contribution in [0.4, 0.5) is 13.2 Å². The van der Waals surface area contributed by atoms with E-state index in [-0.39, 0.29) is 18.6 Å². The molecule has 2 heterocycles. The standard InChI is InChI=1S/C7H10F3N2OP/c8-7(9,10)6(13)11-2-5-1-4(11)3-12(5)14/h4-5H,1-3,14H2. The number of likely N-dealkylation sites (tertiary alicyclic amines) is 1. The zero-order valence-electron chi connectivity index (χ0n) is 7.29. The van der Waals surface area contributed by atoms with Gasteiger partial charge in [-0.2, -0.15) is 13.2 Å². The van der Waals surface area contributed by atoms with Crippen molar-refractivity contribution >= 4 is 15.3 Å². The number of hydrogen-bond donors (Lipinski definition) is 0. The summed E-state index contributed by atoms with van der Waals surface area (Å²) in [7, 11) is 2.48. The molecule has 3 nitrogen and oxygen atoms in total. The van der Waals surface area contributed by atoms with Crippen molar-refractivity contribution in [1.82, 2.24) is 9.57 Å². The van der Waals surface area contributed by atoms with Crippen LogP contribution in [0.3, 0.4) is 0 Å². The number of piperazine rings is 1. The minimum atomic E-state index is -4.73. The normalized spacial score (nSPS) is 32.7. The lowest BCUT2D eigenvalue weighted by molar-refractivity contribution is -0.187.